The van der Waals surface area contributed by atoms with Gasteiger partial charge in [-0.05, 0) is 37.8 Å². The largest absolute Gasteiger partial charge is 0.322 e. The Balaban J connectivity index is 1.71. The summed E-state index contributed by atoms with van der Waals surface area (Å²) < 4.78 is 0. The Hall–Kier alpha value is -1.29. The molecule has 0 radical (unpaired) electrons. The van der Waals surface area contributed by atoms with Gasteiger partial charge in [0.25, 0.3) is 0 Å². The Morgan fingerprint density at radius 1 is 1.26 bits per heavy atom. The minimum Gasteiger partial charge on any atom is -0.319 e. The number of hydrogen-bond acceptors (Lipinski definition) is 2. The number of aromatic nitrogens is 1. The minimum absolute atomic E-state index is 0.00326. The monoisotopic (exact) mass is 279 g/mol. The van der Waals surface area contributed by atoms with Gasteiger partial charge in [0.05, 0.1) is 11.9 Å². The zero-order chi connectivity index (χ0) is 13.3. The van der Waals surface area contributed by atoms with Crippen molar-refractivity contribution in [3.05, 3.63) is 23.5 Å². The number of anilines is 1. The highest BCUT2D eigenvalue weighted by Crippen LogP contribution is 2.43. The number of urea groups is 1. The van der Waals surface area contributed by atoms with Crippen LogP contribution in [0, 0.1) is 0 Å². The van der Waals surface area contributed by atoms with E-state index in [0.717, 1.165) is 32.2 Å². The first kappa shape index (κ1) is 12.7. The SMILES string of the molecule is O=C(Nc1ccc(Cl)nc1)N1CCCC12CCCC2. The van der Waals surface area contributed by atoms with Crippen molar-refractivity contribution in [2.75, 3.05) is 11.9 Å². The maximum Gasteiger partial charge on any atom is 0.322 e. The number of amides is 2. The van der Waals surface area contributed by atoms with Crippen LogP contribution in [0.5, 0.6) is 0 Å². The number of halogens is 1. The van der Waals surface area contributed by atoms with Gasteiger partial charge < -0.3 is 10.2 Å². The molecule has 102 valence electrons. The predicted octanol–water partition coefficient (Wildman–Crippen LogP) is 3.68. The molecule has 1 N–H and O–H groups in total. The smallest absolute Gasteiger partial charge is 0.319 e. The Morgan fingerprint density at radius 2 is 2.00 bits per heavy atom. The molecule has 0 aromatic carbocycles. The molecule has 2 fully saturated rings. The summed E-state index contributed by atoms with van der Waals surface area (Å²) in [7, 11) is 0. The van der Waals surface area contributed by atoms with E-state index in [0.29, 0.717) is 10.8 Å². The van der Waals surface area contributed by atoms with Gasteiger partial charge in [-0.3, -0.25) is 0 Å². The fourth-order valence-electron chi connectivity index (χ4n) is 3.45. The van der Waals surface area contributed by atoms with Crippen LogP contribution in [0.2, 0.25) is 5.15 Å². The topological polar surface area (TPSA) is 45.2 Å². The maximum absolute atomic E-state index is 12.4. The molecule has 2 aliphatic rings. The third-order valence-electron chi connectivity index (χ3n) is 4.35. The molecule has 0 atom stereocenters. The quantitative estimate of drug-likeness (QED) is 0.797. The first-order valence-corrected chi connectivity index (χ1v) is 7.28. The highest BCUT2D eigenvalue weighted by molar-refractivity contribution is 6.29. The van der Waals surface area contributed by atoms with Crippen LogP contribution < -0.4 is 5.32 Å². The van der Waals surface area contributed by atoms with Crippen LogP contribution in [0.3, 0.4) is 0 Å². The summed E-state index contributed by atoms with van der Waals surface area (Å²) in [6.07, 6.45) is 8.65. The molecule has 1 aromatic heterocycles. The zero-order valence-electron chi connectivity index (χ0n) is 10.9. The summed E-state index contributed by atoms with van der Waals surface area (Å²) in [5.41, 5.74) is 0.832. The Kier molecular flexibility index (Phi) is 3.35. The van der Waals surface area contributed by atoms with E-state index in [2.05, 4.69) is 10.3 Å². The molecular weight excluding hydrogens is 262 g/mol. The van der Waals surface area contributed by atoms with Gasteiger partial charge in [-0.25, -0.2) is 9.78 Å². The van der Waals surface area contributed by atoms with E-state index in [-0.39, 0.29) is 11.6 Å². The number of pyridine rings is 1. The van der Waals surface area contributed by atoms with Gasteiger partial charge in [0.2, 0.25) is 0 Å². The summed E-state index contributed by atoms with van der Waals surface area (Å²) in [5, 5.41) is 3.36. The average molecular weight is 280 g/mol. The van der Waals surface area contributed by atoms with Crippen LogP contribution in [0.4, 0.5) is 10.5 Å². The number of likely N-dealkylation sites (tertiary alicyclic amines) is 1. The van der Waals surface area contributed by atoms with E-state index >= 15 is 0 Å². The number of rotatable bonds is 1. The van der Waals surface area contributed by atoms with Crippen LogP contribution in [0.15, 0.2) is 18.3 Å². The van der Waals surface area contributed by atoms with Crippen molar-refractivity contribution in [3.8, 4) is 0 Å². The van der Waals surface area contributed by atoms with Crippen molar-refractivity contribution >= 4 is 23.3 Å². The van der Waals surface area contributed by atoms with Crippen molar-refractivity contribution in [1.82, 2.24) is 9.88 Å². The van der Waals surface area contributed by atoms with Gasteiger partial charge in [-0.2, -0.15) is 0 Å². The lowest BCUT2D eigenvalue weighted by Gasteiger charge is -2.35. The molecule has 0 unspecified atom stereocenters. The van der Waals surface area contributed by atoms with Crippen molar-refractivity contribution in [3.63, 3.8) is 0 Å². The van der Waals surface area contributed by atoms with Crippen LogP contribution in [-0.2, 0) is 0 Å². The fraction of sp³-hybridized carbons (Fsp3) is 0.571. The molecule has 2 heterocycles. The van der Waals surface area contributed by atoms with Gasteiger partial charge in [0.15, 0.2) is 0 Å². The number of hydrogen-bond donors (Lipinski definition) is 1. The molecule has 1 saturated carbocycles. The van der Waals surface area contributed by atoms with E-state index in [1.165, 1.54) is 12.8 Å². The molecule has 1 aliphatic heterocycles. The van der Waals surface area contributed by atoms with E-state index in [9.17, 15) is 4.79 Å². The first-order chi connectivity index (χ1) is 9.20. The summed E-state index contributed by atoms with van der Waals surface area (Å²) in [6, 6.07) is 3.47. The first-order valence-electron chi connectivity index (χ1n) is 6.90. The molecular formula is C14H18ClN3O. The highest BCUT2D eigenvalue weighted by Gasteiger charge is 2.45. The van der Waals surface area contributed by atoms with Crippen LogP contribution in [0.1, 0.15) is 38.5 Å². The van der Waals surface area contributed by atoms with Crippen molar-refractivity contribution < 1.29 is 4.79 Å². The minimum atomic E-state index is 0.00326. The van der Waals surface area contributed by atoms with E-state index in [1.807, 2.05) is 4.90 Å². The number of nitrogens with zero attached hydrogens (tertiary/aromatic N) is 2. The molecule has 4 nitrogen and oxygen atoms in total. The van der Waals surface area contributed by atoms with Gasteiger partial charge in [0.1, 0.15) is 5.15 Å². The molecule has 1 saturated heterocycles. The summed E-state index contributed by atoms with van der Waals surface area (Å²) in [6.45, 7) is 0.868. The van der Waals surface area contributed by atoms with Crippen LogP contribution in [-0.4, -0.2) is 28.0 Å². The van der Waals surface area contributed by atoms with Gasteiger partial charge in [-0.1, -0.05) is 24.4 Å². The highest BCUT2D eigenvalue weighted by atomic mass is 35.5. The van der Waals surface area contributed by atoms with Gasteiger partial charge in [0, 0.05) is 12.1 Å². The Bertz CT molecular complexity index is 463. The summed E-state index contributed by atoms with van der Waals surface area (Å²) >= 11 is 5.74. The van der Waals surface area contributed by atoms with Crippen LogP contribution in [0.25, 0.3) is 0 Å². The number of carbonyl (C=O) groups excluding carboxylic acids is 1. The van der Waals surface area contributed by atoms with Crippen molar-refractivity contribution in [2.45, 2.75) is 44.1 Å². The molecule has 19 heavy (non-hydrogen) atoms. The summed E-state index contributed by atoms with van der Waals surface area (Å²) in [4.78, 5) is 18.4. The second-order valence-corrected chi connectivity index (χ2v) is 5.87. The zero-order valence-corrected chi connectivity index (χ0v) is 11.6. The number of carbonyl (C=O) groups is 1. The molecule has 2 amide bonds. The molecule has 1 aliphatic carbocycles. The van der Waals surface area contributed by atoms with Crippen molar-refractivity contribution in [1.29, 1.82) is 0 Å². The molecule has 1 spiro atoms. The van der Waals surface area contributed by atoms with Gasteiger partial charge >= 0.3 is 6.03 Å². The Labute approximate surface area is 118 Å². The van der Waals surface area contributed by atoms with Crippen LogP contribution >= 0.6 is 11.6 Å². The maximum atomic E-state index is 12.4. The third-order valence-corrected chi connectivity index (χ3v) is 4.58. The van der Waals surface area contributed by atoms with Crippen molar-refractivity contribution in [2.24, 2.45) is 0 Å². The lowest BCUT2D eigenvalue weighted by Crippen LogP contribution is -2.47. The van der Waals surface area contributed by atoms with E-state index in [4.69, 9.17) is 11.6 Å². The fourth-order valence-corrected chi connectivity index (χ4v) is 3.56. The predicted molar refractivity (Wildman–Crippen MR) is 75.4 cm³/mol. The summed E-state index contributed by atoms with van der Waals surface area (Å²) in [5.74, 6) is 0. The van der Waals surface area contributed by atoms with E-state index < -0.39 is 0 Å². The third kappa shape index (κ3) is 2.41. The molecule has 0 bridgehead atoms. The number of nitrogens with one attached hydrogen (secondary N) is 1. The Morgan fingerprint density at radius 3 is 2.68 bits per heavy atom. The normalized spacial score (nSPS) is 21.0. The van der Waals surface area contributed by atoms with E-state index in [1.54, 1.807) is 18.3 Å². The average Bonchev–Trinajstić information content (AvgIpc) is 3.03. The second kappa shape index (κ2) is 5.00. The lowest BCUT2D eigenvalue weighted by molar-refractivity contribution is 0.160. The molecule has 1 aromatic rings. The molecule has 5 heteroatoms. The second-order valence-electron chi connectivity index (χ2n) is 5.49. The molecule has 3 rings (SSSR count). The van der Waals surface area contributed by atoms with Gasteiger partial charge in [-0.15, -0.1) is 0 Å². The standard InChI is InChI=1S/C14H18ClN3O/c15-12-5-4-11(10-16-12)17-13(19)18-9-3-8-14(18)6-1-2-7-14/h4-5,10H,1-3,6-9H2,(H,17,19). The lowest BCUT2D eigenvalue weighted by atomic mass is 9.94.